The highest BCUT2D eigenvalue weighted by molar-refractivity contribution is 5.93. The highest BCUT2D eigenvalue weighted by Crippen LogP contribution is 2.38. The van der Waals surface area contributed by atoms with Gasteiger partial charge in [-0.2, -0.15) is 0 Å². The molecule has 0 amide bonds. The zero-order chi connectivity index (χ0) is 22.4. The van der Waals surface area contributed by atoms with Gasteiger partial charge in [-0.15, -0.1) is 0 Å². The summed E-state index contributed by atoms with van der Waals surface area (Å²) in [5.41, 5.74) is 2.29. The number of aromatic carboxylic acids is 1. The number of carbonyl (C=O) groups is 1. The highest BCUT2D eigenvalue weighted by atomic mass is 19.1. The van der Waals surface area contributed by atoms with Crippen LogP contribution >= 0.6 is 0 Å². The number of fused-ring (bicyclic) bond motifs is 1. The fraction of sp³-hybridized carbons (Fsp3) is 0.320. The van der Waals surface area contributed by atoms with Gasteiger partial charge in [0.1, 0.15) is 11.4 Å². The topological polar surface area (TPSA) is 74.9 Å². The first-order chi connectivity index (χ1) is 15.4. The molecule has 2 fully saturated rings. The van der Waals surface area contributed by atoms with Crippen LogP contribution in [-0.2, 0) is 0 Å². The standard InChI is InChI=1S/C25H24FN3O3/c1-15-2-4-16(5-3-15)12-27-17-8-9-28(13-17)23-11-22-19(10-21(23)26)24(30)20(25(31)32)14-29(22)18-6-7-18/h2-5,10-12,14,17-18H,6-9,13H2,1H3,(H,31,32)/b27-12+. The Hall–Kier alpha value is -3.48. The maximum Gasteiger partial charge on any atom is 0.341 e. The lowest BCUT2D eigenvalue weighted by Crippen LogP contribution is -2.23. The van der Waals surface area contributed by atoms with Gasteiger partial charge in [-0.3, -0.25) is 9.79 Å². The average molecular weight is 433 g/mol. The van der Waals surface area contributed by atoms with Crippen molar-refractivity contribution in [3.05, 3.63) is 75.3 Å². The van der Waals surface area contributed by atoms with Crippen molar-refractivity contribution in [3.8, 4) is 0 Å². The smallest absolute Gasteiger partial charge is 0.341 e. The summed E-state index contributed by atoms with van der Waals surface area (Å²) in [6.07, 6.45) is 5.92. The van der Waals surface area contributed by atoms with Gasteiger partial charge in [0.25, 0.3) is 0 Å². The first-order valence-corrected chi connectivity index (χ1v) is 10.9. The molecule has 1 atom stereocenters. The average Bonchev–Trinajstić information content (AvgIpc) is 3.51. The summed E-state index contributed by atoms with van der Waals surface area (Å²) in [7, 11) is 0. The van der Waals surface area contributed by atoms with E-state index in [9.17, 15) is 14.7 Å². The first-order valence-electron chi connectivity index (χ1n) is 10.9. The van der Waals surface area contributed by atoms with Crippen LogP contribution in [0.3, 0.4) is 0 Å². The van der Waals surface area contributed by atoms with E-state index < -0.39 is 17.2 Å². The highest BCUT2D eigenvalue weighted by Gasteiger charge is 2.29. The van der Waals surface area contributed by atoms with Crippen LogP contribution in [0.15, 0.2) is 52.4 Å². The van der Waals surface area contributed by atoms with E-state index in [4.69, 9.17) is 0 Å². The predicted octanol–water partition coefficient (Wildman–Crippen LogP) is 4.18. The molecule has 5 rings (SSSR count). The number of nitrogens with zero attached hydrogens (tertiary/aromatic N) is 3. The number of hydrogen-bond donors (Lipinski definition) is 1. The van der Waals surface area contributed by atoms with Crippen LogP contribution in [0.1, 0.15) is 46.8 Å². The van der Waals surface area contributed by atoms with E-state index in [2.05, 4.69) is 4.99 Å². The third kappa shape index (κ3) is 3.79. The van der Waals surface area contributed by atoms with E-state index in [0.29, 0.717) is 24.3 Å². The number of carboxylic acids is 1. The maximum atomic E-state index is 15.1. The van der Waals surface area contributed by atoms with Crippen LogP contribution in [0.25, 0.3) is 10.9 Å². The fourth-order valence-electron chi connectivity index (χ4n) is 4.33. The Morgan fingerprint density at radius 2 is 1.94 bits per heavy atom. The van der Waals surface area contributed by atoms with Crippen molar-refractivity contribution in [1.29, 1.82) is 0 Å². The molecule has 0 radical (unpaired) electrons. The van der Waals surface area contributed by atoms with Gasteiger partial charge in [0.15, 0.2) is 0 Å². The van der Waals surface area contributed by atoms with Crippen molar-refractivity contribution in [3.63, 3.8) is 0 Å². The van der Waals surface area contributed by atoms with Gasteiger partial charge < -0.3 is 14.6 Å². The summed E-state index contributed by atoms with van der Waals surface area (Å²) in [6.45, 7) is 3.30. The van der Waals surface area contributed by atoms with Crippen molar-refractivity contribution < 1.29 is 14.3 Å². The summed E-state index contributed by atoms with van der Waals surface area (Å²) in [4.78, 5) is 30.8. The SMILES string of the molecule is Cc1ccc(/C=N/C2CCN(c3cc4c(cc3F)c(=O)c(C(=O)O)cn4C3CC3)C2)cc1. The number of halogens is 1. The van der Waals surface area contributed by atoms with E-state index in [1.807, 2.05) is 46.9 Å². The maximum absolute atomic E-state index is 15.1. The molecule has 2 aliphatic rings. The first kappa shape index (κ1) is 20.4. The number of pyridine rings is 1. The molecule has 1 aliphatic carbocycles. The van der Waals surface area contributed by atoms with E-state index in [1.165, 1.54) is 17.8 Å². The number of aryl methyl sites for hydroxylation is 1. The Morgan fingerprint density at radius 1 is 1.19 bits per heavy atom. The second kappa shape index (κ2) is 7.89. The molecule has 0 spiro atoms. The third-order valence-electron chi connectivity index (χ3n) is 6.29. The molecule has 1 N–H and O–H groups in total. The van der Waals surface area contributed by atoms with Crippen molar-refractivity contribution >= 4 is 28.8 Å². The second-order valence-corrected chi connectivity index (χ2v) is 8.71. The Morgan fingerprint density at radius 3 is 2.62 bits per heavy atom. The number of benzene rings is 2. The van der Waals surface area contributed by atoms with Crippen molar-refractivity contribution in [2.75, 3.05) is 18.0 Å². The quantitative estimate of drug-likeness (QED) is 0.613. The minimum Gasteiger partial charge on any atom is -0.477 e. The van der Waals surface area contributed by atoms with Gasteiger partial charge in [-0.1, -0.05) is 29.8 Å². The molecule has 2 heterocycles. The lowest BCUT2D eigenvalue weighted by molar-refractivity contribution is 0.0695. The van der Waals surface area contributed by atoms with Crippen molar-refractivity contribution in [2.45, 2.75) is 38.3 Å². The molecule has 164 valence electrons. The fourth-order valence-corrected chi connectivity index (χ4v) is 4.33. The number of anilines is 1. The van der Waals surface area contributed by atoms with E-state index >= 15 is 4.39 Å². The minimum atomic E-state index is -1.29. The Bertz CT molecular complexity index is 1290. The van der Waals surface area contributed by atoms with Crippen LogP contribution in [-0.4, -0.2) is 41.0 Å². The summed E-state index contributed by atoms with van der Waals surface area (Å²) < 4.78 is 16.9. The van der Waals surface area contributed by atoms with Gasteiger partial charge >= 0.3 is 5.97 Å². The number of rotatable bonds is 5. The lowest BCUT2D eigenvalue weighted by atomic mass is 10.1. The van der Waals surface area contributed by atoms with Crippen LogP contribution in [0.2, 0.25) is 0 Å². The van der Waals surface area contributed by atoms with E-state index in [1.54, 1.807) is 6.07 Å². The molecule has 0 bridgehead atoms. The van der Waals surface area contributed by atoms with Gasteiger partial charge in [0.05, 0.1) is 17.2 Å². The molecule has 32 heavy (non-hydrogen) atoms. The summed E-state index contributed by atoms with van der Waals surface area (Å²) >= 11 is 0. The molecule has 1 unspecified atom stereocenters. The zero-order valence-electron chi connectivity index (χ0n) is 17.8. The summed E-state index contributed by atoms with van der Waals surface area (Å²) in [5.74, 6) is -1.80. The molecule has 1 aliphatic heterocycles. The van der Waals surface area contributed by atoms with Gasteiger partial charge in [0.2, 0.25) is 5.43 Å². The van der Waals surface area contributed by atoms with E-state index in [-0.39, 0.29) is 23.0 Å². The molecule has 1 aromatic heterocycles. The molecule has 3 aromatic rings. The normalized spacial score (nSPS) is 18.7. The van der Waals surface area contributed by atoms with Crippen LogP contribution in [0, 0.1) is 12.7 Å². The van der Waals surface area contributed by atoms with Gasteiger partial charge in [-0.05, 0) is 43.9 Å². The van der Waals surface area contributed by atoms with Crippen LogP contribution in [0.5, 0.6) is 0 Å². The summed E-state index contributed by atoms with van der Waals surface area (Å²) in [6, 6.07) is 11.2. The molecule has 1 saturated carbocycles. The Balaban J connectivity index is 1.46. The molecule has 7 heteroatoms. The molecular formula is C25H24FN3O3. The van der Waals surface area contributed by atoms with E-state index in [0.717, 1.165) is 24.8 Å². The van der Waals surface area contributed by atoms with Crippen LogP contribution < -0.4 is 10.3 Å². The number of hydrogen-bond acceptors (Lipinski definition) is 4. The van der Waals surface area contributed by atoms with Gasteiger partial charge in [0, 0.05) is 36.9 Å². The molecule has 6 nitrogen and oxygen atoms in total. The molecule has 2 aromatic carbocycles. The third-order valence-corrected chi connectivity index (χ3v) is 6.29. The number of carboxylic acid groups (broad SMARTS) is 1. The largest absolute Gasteiger partial charge is 0.477 e. The molecular weight excluding hydrogens is 409 g/mol. The van der Waals surface area contributed by atoms with Gasteiger partial charge in [-0.25, -0.2) is 9.18 Å². The van der Waals surface area contributed by atoms with Crippen LogP contribution in [0.4, 0.5) is 10.1 Å². The van der Waals surface area contributed by atoms with Crippen molar-refractivity contribution in [1.82, 2.24) is 4.57 Å². The number of aliphatic imine (C=N–C) groups is 1. The lowest BCUT2D eigenvalue weighted by Gasteiger charge is -2.21. The monoisotopic (exact) mass is 433 g/mol. The second-order valence-electron chi connectivity index (χ2n) is 8.71. The predicted molar refractivity (Wildman–Crippen MR) is 123 cm³/mol. The number of aromatic nitrogens is 1. The molecule has 1 saturated heterocycles. The Labute approximate surface area is 184 Å². The minimum absolute atomic E-state index is 0.0615. The van der Waals surface area contributed by atoms with Crippen molar-refractivity contribution in [2.24, 2.45) is 4.99 Å². The summed E-state index contributed by atoms with van der Waals surface area (Å²) in [5, 5.41) is 9.51. The zero-order valence-corrected chi connectivity index (χ0v) is 17.8. The Kier molecular flexibility index (Phi) is 5.04.